The number of hydrogen-bond acceptors (Lipinski definition) is 3. The molecule has 0 heterocycles. The second kappa shape index (κ2) is 6.39. The molecule has 1 aromatic carbocycles. The Balaban J connectivity index is 2.84. The van der Waals surface area contributed by atoms with E-state index in [4.69, 9.17) is 5.11 Å². The standard InChI is InChI=1S/C14H20BrNO3/c1-14(2,3)12(6-7-17)16-13(19)9-4-5-10(15)11(18)8-9/h4-5,8,12,17-18H,6-7H2,1-3H3,(H,16,19). The molecule has 0 aliphatic heterocycles. The molecule has 0 saturated carbocycles. The number of carbonyl (C=O) groups excluding carboxylic acids is 1. The Morgan fingerprint density at radius 2 is 2.05 bits per heavy atom. The molecule has 3 N–H and O–H groups in total. The zero-order valence-corrected chi connectivity index (χ0v) is 13.0. The van der Waals surface area contributed by atoms with Crippen LogP contribution in [0.15, 0.2) is 22.7 Å². The number of halogens is 1. The summed E-state index contributed by atoms with van der Waals surface area (Å²) >= 11 is 3.17. The molecule has 0 saturated heterocycles. The van der Waals surface area contributed by atoms with Gasteiger partial charge in [0.2, 0.25) is 0 Å². The highest BCUT2D eigenvalue weighted by molar-refractivity contribution is 9.10. The molecule has 0 aromatic heterocycles. The first-order chi connectivity index (χ1) is 8.75. The van der Waals surface area contributed by atoms with E-state index < -0.39 is 0 Å². The van der Waals surface area contributed by atoms with Gasteiger partial charge in [0.15, 0.2) is 0 Å². The van der Waals surface area contributed by atoms with Gasteiger partial charge in [-0.25, -0.2) is 0 Å². The zero-order chi connectivity index (χ0) is 14.6. The fraction of sp³-hybridized carbons (Fsp3) is 0.500. The maximum atomic E-state index is 12.1. The minimum atomic E-state index is -0.254. The Morgan fingerprint density at radius 3 is 2.53 bits per heavy atom. The average molecular weight is 330 g/mol. The van der Waals surface area contributed by atoms with Crippen LogP contribution in [0.1, 0.15) is 37.6 Å². The van der Waals surface area contributed by atoms with Crippen molar-refractivity contribution >= 4 is 21.8 Å². The monoisotopic (exact) mass is 329 g/mol. The van der Waals surface area contributed by atoms with Gasteiger partial charge in [-0.1, -0.05) is 20.8 Å². The van der Waals surface area contributed by atoms with Crippen LogP contribution < -0.4 is 5.32 Å². The maximum absolute atomic E-state index is 12.1. The van der Waals surface area contributed by atoms with E-state index in [0.717, 1.165) is 0 Å². The summed E-state index contributed by atoms with van der Waals surface area (Å²) in [7, 11) is 0. The number of aromatic hydroxyl groups is 1. The Kier molecular flexibility index (Phi) is 5.38. The first-order valence-corrected chi connectivity index (χ1v) is 6.95. The van der Waals surface area contributed by atoms with Crippen molar-refractivity contribution in [1.82, 2.24) is 5.32 Å². The van der Waals surface area contributed by atoms with E-state index in [-0.39, 0.29) is 29.7 Å². The highest BCUT2D eigenvalue weighted by Gasteiger charge is 2.26. The Hall–Kier alpha value is -1.07. The predicted molar refractivity (Wildman–Crippen MR) is 78.2 cm³/mol. The van der Waals surface area contributed by atoms with Crippen LogP contribution in [0.3, 0.4) is 0 Å². The Bertz CT molecular complexity index is 454. The van der Waals surface area contributed by atoms with Crippen molar-refractivity contribution in [2.24, 2.45) is 5.41 Å². The molecule has 1 unspecified atom stereocenters. The zero-order valence-electron chi connectivity index (χ0n) is 11.4. The summed E-state index contributed by atoms with van der Waals surface area (Å²) in [6.07, 6.45) is 0.498. The average Bonchev–Trinajstić information content (AvgIpc) is 2.30. The van der Waals surface area contributed by atoms with Gasteiger partial charge in [-0.05, 0) is 46.0 Å². The largest absolute Gasteiger partial charge is 0.507 e. The van der Waals surface area contributed by atoms with Crippen LogP contribution in [0.4, 0.5) is 0 Å². The van der Waals surface area contributed by atoms with Gasteiger partial charge in [0.25, 0.3) is 5.91 Å². The van der Waals surface area contributed by atoms with Crippen molar-refractivity contribution in [3.63, 3.8) is 0 Å². The van der Waals surface area contributed by atoms with Crippen molar-refractivity contribution in [3.05, 3.63) is 28.2 Å². The maximum Gasteiger partial charge on any atom is 0.251 e. The second-order valence-electron chi connectivity index (χ2n) is 5.57. The van der Waals surface area contributed by atoms with Crippen LogP contribution in [0.2, 0.25) is 0 Å². The number of aliphatic hydroxyl groups excluding tert-OH is 1. The van der Waals surface area contributed by atoms with E-state index in [0.29, 0.717) is 16.5 Å². The fourth-order valence-corrected chi connectivity index (χ4v) is 1.99. The van der Waals surface area contributed by atoms with Crippen LogP contribution in [0, 0.1) is 5.41 Å². The van der Waals surface area contributed by atoms with Crippen LogP contribution in [-0.4, -0.2) is 28.8 Å². The van der Waals surface area contributed by atoms with Gasteiger partial charge in [0.1, 0.15) is 5.75 Å². The van der Waals surface area contributed by atoms with Gasteiger partial charge < -0.3 is 15.5 Å². The van der Waals surface area contributed by atoms with Crippen LogP contribution >= 0.6 is 15.9 Å². The van der Waals surface area contributed by atoms with Crippen molar-refractivity contribution in [2.75, 3.05) is 6.61 Å². The molecule has 4 nitrogen and oxygen atoms in total. The number of rotatable bonds is 4. The van der Waals surface area contributed by atoms with E-state index >= 15 is 0 Å². The van der Waals surface area contributed by atoms with Crippen LogP contribution in [0.25, 0.3) is 0 Å². The number of phenolic OH excluding ortho intramolecular Hbond substituents is 1. The smallest absolute Gasteiger partial charge is 0.251 e. The fourth-order valence-electron chi connectivity index (χ4n) is 1.75. The molecular formula is C14H20BrNO3. The van der Waals surface area contributed by atoms with E-state index in [1.54, 1.807) is 12.1 Å². The Morgan fingerprint density at radius 1 is 1.42 bits per heavy atom. The number of amides is 1. The third-order valence-corrected chi connectivity index (χ3v) is 3.65. The van der Waals surface area contributed by atoms with Gasteiger partial charge >= 0.3 is 0 Å². The van der Waals surface area contributed by atoms with Gasteiger partial charge in [0.05, 0.1) is 4.47 Å². The Labute approximate surface area is 122 Å². The molecule has 0 aliphatic rings. The topological polar surface area (TPSA) is 69.6 Å². The van der Waals surface area contributed by atoms with Gasteiger partial charge in [-0.2, -0.15) is 0 Å². The number of aliphatic hydroxyl groups is 1. The molecule has 0 bridgehead atoms. The van der Waals surface area contributed by atoms with Gasteiger partial charge in [-0.3, -0.25) is 4.79 Å². The summed E-state index contributed by atoms with van der Waals surface area (Å²) in [5.74, 6) is -0.224. The summed E-state index contributed by atoms with van der Waals surface area (Å²) in [5, 5.41) is 21.5. The quantitative estimate of drug-likeness (QED) is 0.795. The van der Waals surface area contributed by atoms with Crippen LogP contribution in [-0.2, 0) is 0 Å². The molecule has 19 heavy (non-hydrogen) atoms. The first kappa shape index (κ1) is 16.0. The minimum Gasteiger partial charge on any atom is -0.507 e. The molecule has 5 heteroatoms. The molecule has 1 atom stereocenters. The predicted octanol–water partition coefficient (Wildman–Crippen LogP) is 2.68. The third kappa shape index (κ3) is 4.51. The first-order valence-electron chi connectivity index (χ1n) is 6.16. The molecule has 1 rings (SSSR count). The molecule has 1 aromatic rings. The summed E-state index contributed by atoms with van der Waals surface area (Å²) in [6.45, 7) is 6.04. The molecule has 0 fully saturated rings. The second-order valence-corrected chi connectivity index (χ2v) is 6.42. The number of hydrogen-bond donors (Lipinski definition) is 3. The summed E-state index contributed by atoms with van der Waals surface area (Å²) < 4.78 is 0.548. The molecule has 0 spiro atoms. The normalized spacial score (nSPS) is 13.1. The molecule has 0 radical (unpaired) electrons. The van der Waals surface area contributed by atoms with Crippen molar-refractivity contribution in [3.8, 4) is 5.75 Å². The lowest BCUT2D eigenvalue weighted by atomic mass is 9.85. The molecule has 0 aliphatic carbocycles. The highest BCUT2D eigenvalue weighted by atomic mass is 79.9. The lowest BCUT2D eigenvalue weighted by Crippen LogP contribution is -2.44. The number of carbonyl (C=O) groups is 1. The van der Waals surface area contributed by atoms with Crippen molar-refractivity contribution in [1.29, 1.82) is 0 Å². The van der Waals surface area contributed by atoms with Crippen molar-refractivity contribution in [2.45, 2.75) is 33.2 Å². The molecule has 106 valence electrons. The number of phenols is 1. The number of benzene rings is 1. The van der Waals surface area contributed by atoms with Crippen molar-refractivity contribution < 1.29 is 15.0 Å². The van der Waals surface area contributed by atoms with Crippen LogP contribution in [0.5, 0.6) is 5.75 Å². The minimum absolute atomic E-state index is 0.0216. The van der Waals surface area contributed by atoms with E-state index in [2.05, 4.69) is 21.2 Å². The SMILES string of the molecule is CC(C)(C)C(CCO)NC(=O)c1ccc(Br)c(O)c1. The summed E-state index contributed by atoms with van der Waals surface area (Å²) in [4.78, 5) is 12.1. The van der Waals surface area contributed by atoms with E-state index in [9.17, 15) is 9.90 Å². The van der Waals surface area contributed by atoms with E-state index in [1.165, 1.54) is 6.07 Å². The summed E-state index contributed by atoms with van der Waals surface area (Å²) in [6, 6.07) is 4.55. The number of nitrogens with one attached hydrogen (secondary N) is 1. The van der Waals surface area contributed by atoms with E-state index in [1.807, 2.05) is 20.8 Å². The van der Waals surface area contributed by atoms with Gasteiger partial charge in [0, 0.05) is 18.2 Å². The third-order valence-electron chi connectivity index (χ3n) is 2.98. The lowest BCUT2D eigenvalue weighted by molar-refractivity contribution is 0.0885. The summed E-state index contributed by atoms with van der Waals surface area (Å²) in [5.41, 5.74) is 0.253. The lowest BCUT2D eigenvalue weighted by Gasteiger charge is -2.31. The molecule has 1 amide bonds. The molecular weight excluding hydrogens is 310 g/mol. The van der Waals surface area contributed by atoms with Gasteiger partial charge in [-0.15, -0.1) is 0 Å². The highest BCUT2D eigenvalue weighted by Crippen LogP contribution is 2.25.